The van der Waals surface area contributed by atoms with Crippen LogP contribution in [0.25, 0.3) is 43.1 Å². The number of halogens is 2. The van der Waals surface area contributed by atoms with Gasteiger partial charge in [-0.2, -0.15) is 18.2 Å². The molecule has 0 aliphatic heterocycles. The van der Waals surface area contributed by atoms with Crippen LogP contribution in [0.2, 0.25) is 10.0 Å². The van der Waals surface area contributed by atoms with Crippen molar-refractivity contribution < 1.29 is 24.2 Å². The van der Waals surface area contributed by atoms with Crippen LogP contribution >= 0.6 is 23.2 Å². The summed E-state index contributed by atoms with van der Waals surface area (Å²) in [7, 11) is 0. The number of fused-ring (bicyclic) bond motifs is 5. The fraction of sp³-hybridized carbons (Fsp3) is 0.170. The topological polar surface area (TPSA) is 0 Å². The summed E-state index contributed by atoms with van der Waals surface area (Å²) in [6.07, 6.45) is 0. The van der Waals surface area contributed by atoms with Crippen molar-refractivity contribution in [3.8, 4) is 0 Å². The van der Waals surface area contributed by atoms with Gasteiger partial charge in [0.15, 0.2) is 0 Å². The van der Waals surface area contributed by atoms with Gasteiger partial charge in [-0.25, -0.2) is 12.1 Å². The van der Waals surface area contributed by atoms with Crippen molar-refractivity contribution in [2.45, 2.75) is 52.4 Å². The monoisotopic (exact) mass is 766 g/mol. The first-order chi connectivity index (χ1) is 23.8. The molecular formula is C47H42Cl2Zr. The van der Waals surface area contributed by atoms with Crippen LogP contribution in [0, 0.1) is 0 Å². The molecule has 0 saturated heterocycles. The molecule has 0 aromatic heterocycles. The normalized spacial score (nSPS) is 11.7. The SMILES string of the molecule is CC(C)(C)c1ccc2c(c1)[cH-]c1cc(C(C)(C)C)ccc12.Clc1cc([C](=[Zr+2])c2cc(Cl)cc3ccccc23)c2ccccc2c1.c1cc[cH-]c1. The minimum Gasteiger partial charge on any atom is -0.214 e. The maximum atomic E-state index is 6.38. The summed E-state index contributed by atoms with van der Waals surface area (Å²) in [4.78, 5) is 0. The average molecular weight is 769 g/mol. The van der Waals surface area contributed by atoms with Crippen molar-refractivity contribution in [1.82, 2.24) is 0 Å². The zero-order valence-corrected chi connectivity index (χ0v) is 33.6. The van der Waals surface area contributed by atoms with E-state index in [4.69, 9.17) is 23.2 Å². The molecule has 0 amide bonds. The Hall–Kier alpha value is -3.61. The third-order valence-electron chi connectivity index (χ3n) is 9.18. The van der Waals surface area contributed by atoms with E-state index >= 15 is 0 Å². The largest absolute Gasteiger partial charge is 0.214 e. The van der Waals surface area contributed by atoms with Crippen molar-refractivity contribution in [3.05, 3.63) is 178 Å². The van der Waals surface area contributed by atoms with Gasteiger partial charge < -0.3 is 0 Å². The summed E-state index contributed by atoms with van der Waals surface area (Å²) >= 11 is 14.1. The molecule has 248 valence electrons. The van der Waals surface area contributed by atoms with Crippen LogP contribution in [0.4, 0.5) is 0 Å². The van der Waals surface area contributed by atoms with Crippen LogP contribution in [-0.4, -0.2) is 3.21 Å². The van der Waals surface area contributed by atoms with Gasteiger partial charge in [-0.05, 0) is 10.8 Å². The second-order valence-electron chi connectivity index (χ2n) is 14.9. The molecular weight excluding hydrogens is 727 g/mol. The quantitative estimate of drug-likeness (QED) is 0.154. The summed E-state index contributed by atoms with van der Waals surface area (Å²) in [5, 5.41) is 11.8. The van der Waals surface area contributed by atoms with E-state index in [2.05, 4.69) is 133 Å². The Morgan fingerprint density at radius 2 is 0.920 bits per heavy atom. The second-order valence-corrected chi connectivity index (χ2v) is 17.0. The molecule has 0 spiro atoms. The average Bonchev–Trinajstić information content (AvgIpc) is 3.78. The fourth-order valence-electron chi connectivity index (χ4n) is 6.38. The number of hydrogen-bond donors (Lipinski definition) is 0. The molecule has 0 fully saturated rings. The molecule has 0 heterocycles. The summed E-state index contributed by atoms with van der Waals surface area (Å²) in [6.45, 7) is 13.6. The van der Waals surface area contributed by atoms with Crippen molar-refractivity contribution >= 4 is 69.5 Å². The molecule has 0 bridgehead atoms. The Labute approximate surface area is 321 Å². The van der Waals surface area contributed by atoms with Gasteiger partial charge in [0.1, 0.15) is 0 Å². The maximum Gasteiger partial charge on any atom is -0.172 e. The molecule has 3 heteroatoms. The first-order valence-corrected chi connectivity index (χ1v) is 19.0. The van der Waals surface area contributed by atoms with Gasteiger partial charge in [-0.3, -0.25) is 0 Å². The Morgan fingerprint density at radius 3 is 1.30 bits per heavy atom. The smallest absolute Gasteiger partial charge is 0.172 e. The number of hydrogen-bond acceptors (Lipinski definition) is 0. The molecule has 0 unspecified atom stereocenters. The van der Waals surface area contributed by atoms with Gasteiger partial charge in [-0.15, -0.1) is 39.7 Å². The van der Waals surface area contributed by atoms with Gasteiger partial charge in [0, 0.05) is 0 Å². The first-order valence-electron chi connectivity index (χ1n) is 17.1. The molecule has 0 N–H and O–H groups in total. The van der Waals surface area contributed by atoms with Crippen LogP contribution in [0.5, 0.6) is 0 Å². The van der Waals surface area contributed by atoms with Crippen LogP contribution in [0.1, 0.15) is 63.8 Å². The van der Waals surface area contributed by atoms with Gasteiger partial charge in [0.25, 0.3) is 0 Å². The van der Waals surface area contributed by atoms with E-state index in [9.17, 15) is 0 Å². The molecule has 8 aromatic rings. The molecule has 50 heavy (non-hydrogen) atoms. The number of rotatable bonds is 2. The molecule has 8 aromatic carbocycles. The summed E-state index contributed by atoms with van der Waals surface area (Å²) in [5.41, 5.74) is 5.58. The summed E-state index contributed by atoms with van der Waals surface area (Å²) in [6, 6.07) is 51.0. The molecule has 0 aliphatic rings. The molecule has 0 nitrogen and oxygen atoms in total. The second kappa shape index (κ2) is 14.9. The zero-order chi connectivity index (χ0) is 35.6. The Kier molecular flexibility index (Phi) is 10.8. The van der Waals surface area contributed by atoms with E-state index in [1.54, 1.807) is 0 Å². The summed E-state index contributed by atoms with van der Waals surface area (Å²) < 4.78 is 1.26. The molecule has 0 radical (unpaired) electrons. The van der Waals surface area contributed by atoms with Crippen molar-refractivity contribution in [1.29, 1.82) is 0 Å². The molecule has 0 atom stereocenters. The van der Waals surface area contributed by atoms with E-state index in [1.165, 1.54) is 82.0 Å². The van der Waals surface area contributed by atoms with Gasteiger partial charge >= 0.3 is 166 Å². The van der Waals surface area contributed by atoms with Crippen LogP contribution in [0.15, 0.2) is 146 Å². The fourth-order valence-corrected chi connectivity index (χ4v) is 7.85. The molecule has 8 rings (SSSR count). The minimum absolute atomic E-state index is 0.203. The van der Waals surface area contributed by atoms with Crippen LogP contribution in [-0.2, 0) is 35.1 Å². The van der Waals surface area contributed by atoms with E-state index in [-0.39, 0.29) is 10.8 Å². The molecule has 0 saturated carbocycles. The third kappa shape index (κ3) is 8.13. The molecule has 0 aliphatic carbocycles. The zero-order valence-electron chi connectivity index (χ0n) is 29.6. The number of benzene rings is 6. The van der Waals surface area contributed by atoms with E-state index in [0.717, 1.165) is 20.8 Å². The van der Waals surface area contributed by atoms with E-state index in [1.807, 2.05) is 54.6 Å². The Balaban J connectivity index is 0.000000153. The van der Waals surface area contributed by atoms with Crippen LogP contribution in [0.3, 0.4) is 0 Å². The predicted molar refractivity (Wildman–Crippen MR) is 218 cm³/mol. The summed E-state index contributed by atoms with van der Waals surface area (Å²) in [5.74, 6) is 0. The predicted octanol–water partition coefficient (Wildman–Crippen LogP) is 14.1. The van der Waals surface area contributed by atoms with Crippen molar-refractivity contribution in [3.63, 3.8) is 0 Å². The van der Waals surface area contributed by atoms with E-state index in [0.29, 0.717) is 0 Å². The van der Waals surface area contributed by atoms with Crippen molar-refractivity contribution in [2.24, 2.45) is 0 Å². The van der Waals surface area contributed by atoms with Gasteiger partial charge in [0.2, 0.25) is 0 Å². The Morgan fingerprint density at radius 1 is 0.500 bits per heavy atom. The van der Waals surface area contributed by atoms with Crippen LogP contribution < -0.4 is 0 Å². The minimum atomic E-state index is 0.203. The van der Waals surface area contributed by atoms with E-state index < -0.39 is 0 Å². The van der Waals surface area contributed by atoms with Crippen molar-refractivity contribution in [2.75, 3.05) is 0 Å². The Bertz CT molecular complexity index is 2260. The van der Waals surface area contributed by atoms with Gasteiger partial charge in [-0.1, -0.05) is 76.9 Å². The van der Waals surface area contributed by atoms with Gasteiger partial charge in [0.05, 0.1) is 0 Å². The third-order valence-corrected chi connectivity index (χ3v) is 10.9. The standard InChI is InChI=1S/C21H12Cl2.C21H25.C5H5.Zr/c22-18-10-14-5-1-3-7-20(14)16(12-18)9-17-13-19(23)11-15-6-2-4-8-21(15)17;1-20(2,3)16-7-9-18-14(12-16)11-15-13-17(21(4,5)6)8-10-19(15)18;1-2-4-5-3-1;/h1-8,10-13H;7-13H,1-6H3;1-5H;/q;2*-1;+2. The first kappa shape index (κ1) is 36.2. The maximum absolute atomic E-state index is 6.38.